The van der Waals surface area contributed by atoms with Gasteiger partial charge in [0.1, 0.15) is 5.75 Å². The predicted molar refractivity (Wildman–Crippen MR) is 87.1 cm³/mol. The lowest BCUT2D eigenvalue weighted by Gasteiger charge is -2.38. The summed E-state index contributed by atoms with van der Waals surface area (Å²) in [4.78, 5) is 11.5. The van der Waals surface area contributed by atoms with Gasteiger partial charge in [0.25, 0.3) is 0 Å². The third kappa shape index (κ3) is 4.35. The molecule has 1 aromatic rings. The van der Waals surface area contributed by atoms with E-state index in [2.05, 4.69) is 17.4 Å². The highest BCUT2D eigenvalue weighted by atomic mass is 35.5. The van der Waals surface area contributed by atoms with Gasteiger partial charge in [-0.25, -0.2) is 0 Å². The van der Waals surface area contributed by atoms with Crippen LogP contribution in [0.2, 0.25) is 0 Å². The van der Waals surface area contributed by atoms with Gasteiger partial charge in [0.15, 0.2) is 0 Å². The van der Waals surface area contributed by atoms with E-state index in [9.17, 15) is 4.79 Å². The second kappa shape index (κ2) is 8.25. The molecule has 0 radical (unpaired) electrons. The topological polar surface area (TPSA) is 64.3 Å². The molecular formula is C16H25ClN2O2. The van der Waals surface area contributed by atoms with E-state index in [0.29, 0.717) is 6.54 Å². The summed E-state index contributed by atoms with van der Waals surface area (Å²) in [6.45, 7) is 0.730. The van der Waals surface area contributed by atoms with E-state index in [0.717, 1.165) is 18.6 Å². The molecule has 0 saturated heterocycles. The van der Waals surface area contributed by atoms with E-state index in [1.807, 2.05) is 12.1 Å². The number of carbonyl (C=O) groups excluding carboxylic acids is 1. The third-order valence-corrected chi connectivity index (χ3v) is 4.32. The van der Waals surface area contributed by atoms with Gasteiger partial charge in [0.2, 0.25) is 5.91 Å². The maximum Gasteiger partial charge on any atom is 0.233 e. The Bertz CT molecular complexity index is 442. The quantitative estimate of drug-likeness (QED) is 0.877. The molecule has 1 saturated carbocycles. The van der Waals surface area contributed by atoms with Crippen molar-refractivity contribution in [3.63, 3.8) is 0 Å². The van der Waals surface area contributed by atoms with Crippen LogP contribution in [0.5, 0.6) is 5.75 Å². The molecule has 2 rings (SSSR count). The number of rotatable bonds is 5. The lowest BCUT2D eigenvalue weighted by atomic mass is 9.69. The van der Waals surface area contributed by atoms with E-state index in [4.69, 9.17) is 10.5 Å². The lowest BCUT2D eigenvalue weighted by Crippen LogP contribution is -2.44. The maximum atomic E-state index is 11.5. The van der Waals surface area contributed by atoms with E-state index in [1.54, 1.807) is 7.11 Å². The van der Waals surface area contributed by atoms with Crippen LogP contribution in [-0.2, 0) is 10.2 Å². The van der Waals surface area contributed by atoms with Crippen LogP contribution in [0, 0.1) is 0 Å². The molecule has 21 heavy (non-hydrogen) atoms. The van der Waals surface area contributed by atoms with Crippen molar-refractivity contribution in [3.8, 4) is 5.75 Å². The minimum Gasteiger partial charge on any atom is -0.497 e. The number of amides is 1. The van der Waals surface area contributed by atoms with Crippen LogP contribution in [0.4, 0.5) is 0 Å². The van der Waals surface area contributed by atoms with Crippen LogP contribution in [0.3, 0.4) is 0 Å². The molecule has 3 N–H and O–H groups in total. The minimum atomic E-state index is -0.0801. The van der Waals surface area contributed by atoms with Gasteiger partial charge in [0, 0.05) is 12.0 Å². The van der Waals surface area contributed by atoms with Crippen molar-refractivity contribution in [2.45, 2.75) is 37.5 Å². The molecule has 118 valence electrons. The number of halogens is 1. The number of nitrogens with two attached hydrogens (primary N) is 1. The number of hydrogen-bond acceptors (Lipinski definition) is 3. The molecule has 5 heteroatoms. The van der Waals surface area contributed by atoms with Gasteiger partial charge in [-0.1, -0.05) is 31.4 Å². The Balaban J connectivity index is 0.00000220. The van der Waals surface area contributed by atoms with Crippen LogP contribution in [0.25, 0.3) is 0 Å². The number of ether oxygens (including phenoxy) is 1. The molecular weight excluding hydrogens is 288 g/mol. The zero-order valence-electron chi connectivity index (χ0n) is 12.6. The van der Waals surface area contributed by atoms with E-state index >= 15 is 0 Å². The SMILES string of the molecule is COc1ccc(C2(CNC(=O)CN)CCCCC2)cc1.Cl. The monoisotopic (exact) mass is 312 g/mol. The van der Waals surface area contributed by atoms with Crippen molar-refractivity contribution in [1.29, 1.82) is 0 Å². The fourth-order valence-corrected chi connectivity index (χ4v) is 3.08. The van der Waals surface area contributed by atoms with Crippen LogP contribution in [-0.4, -0.2) is 26.1 Å². The highest BCUT2D eigenvalue weighted by molar-refractivity contribution is 5.85. The second-order valence-electron chi connectivity index (χ2n) is 5.55. The first-order chi connectivity index (χ1) is 9.70. The highest BCUT2D eigenvalue weighted by Crippen LogP contribution is 2.39. The highest BCUT2D eigenvalue weighted by Gasteiger charge is 2.34. The summed E-state index contributed by atoms with van der Waals surface area (Å²) in [6.07, 6.45) is 5.94. The van der Waals surface area contributed by atoms with Gasteiger partial charge in [0.05, 0.1) is 13.7 Å². The fraction of sp³-hybridized carbons (Fsp3) is 0.562. The van der Waals surface area contributed by atoms with E-state index < -0.39 is 0 Å². The van der Waals surface area contributed by atoms with Crippen molar-refractivity contribution < 1.29 is 9.53 Å². The van der Waals surface area contributed by atoms with Crippen LogP contribution in [0.1, 0.15) is 37.7 Å². The van der Waals surface area contributed by atoms with Crippen LogP contribution >= 0.6 is 12.4 Å². The predicted octanol–water partition coefficient (Wildman–Crippen LogP) is 2.39. The summed E-state index contributed by atoms with van der Waals surface area (Å²) in [7, 11) is 1.67. The molecule has 1 aliphatic carbocycles. The van der Waals surface area contributed by atoms with Crippen LogP contribution in [0.15, 0.2) is 24.3 Å². The molecule has 0 aliphatic heterocycles. The number of hydrogen-bond donors (Lipinski definition) is 2. The third-order valence-electron chi connectivity index (χ3n) is 4.32. The van der Waals surface area contributed by atoms with E-state index in [-0.39, 0.29) is 30.3 Å². The Morgan fingerprint density at radius 2 is 1.86 bits per heavy atom. The summed E-state index contributed by atoms with van der Waals surface area (Å²) in [6, 6.07) is 8.24. The van der Waals surface area contributed by atoms with Crippen molar-refractivity contribution >= 4 is 18.3 Å². The molecule has 0 unspecified atom stereocenters. The Morgan fingerprint density at radius 3 is 2.38 bits per heavy atom. The Labute approximate surface area is 132 Å². The lowest BCUT2D eigenvalue weighted by molar-refractivity contribution is -0.120. The second-order valence-corrected chi connectivity index (χ2v) is 5.55. The summed E-state index contributed by atoms with van der Waals surface area (Å²) in [5.74, 6) is 0.786. The summed E-state index contributed by atoms with van der Waals surface area (Å²) >= 11 is 0. The first kappa shape index (κ1) is 17.8. The minimum absolute atomic E-state index is 0. The smallest absolute Gasteiger partial charge is 0.233 e. The summed E-state index contributed by atoms with van der Waals surface area (Å²) in [5, 5.41) is 2.97. The zero-order chi connectivity index (χ0) is 14.4. The number of benzene rings is 1. The summed E-state index contributed by atoms with van der Waals surface area (Å²) in [5.41, 5.74) is 6.72. The van der Waals surface area contributed by atoms with Crippen molar-refractivity contribution in [2.75, 3.05) is 20.2 Å². The van der Waals surface area contributed by atoms with Gasteiger partial charge in [-0.2, -0.15) is 0 Å². The number of methoxy groups -OCH3 is 1. The van der Waals surface area contributed by atoms with Gasteiger partial charge < -0.3 is 15.8 Å². The standard InChI is InChI=1S/C16H24N2O2.ClH/c1-20-14-7-5-13(6-8-14)16(9-3-2-4-10-16)12-18-15(19)11-17;/h5-8H,2-4,9-12,17H2,1H3,(H,18,19);1H. The van der Waals surface area contributed by atoms with Crippen LogP contribution < -0.4 is 15.8 Å². The van der Waals surface area contributed by atoms with Gasteiger partial charge in [-0.15, -0.1) is 12.4 Å². The molecule has 4 nitrogen and oxygen atoms in total. The van der Waals surface area contributed by atoms with E-state index in [1.165, 1.54) is 24.8 Å². The largest absolute Gasteiger partial charge is 0.497 e. The van der Waals surface area contributed by atoms with Crippen molar-refractivity contribution in [3.05, 3.63) is 29.8 Å². The molecule has 1 aliphatic rings. The molecule has 1 amide bonds. The average molecular weight is 313 g/mol. The van der Waals surface area contributed by atoms with Gasteiger partial charge in [-0.05, 0) is 30.5 Å². The van der Waals surface area contributed by atoms with Crippen molar-refractivity contribution in [1.82, 2.24) is 5.32 Å². The molecule has 1 aromatic carbocycles. The Kier molecular flexibility index (Phi) is 6.99. The number of carbonyl (C=O) groups is 1. The molecule has 0 aromatic heterocycles. The molecule has 0 atom stereocenters. The number of nitrogens with one attached hydrogen (secondary N) is 1. The van der Waals surface area contributed by atoms with Gasteiger partial charge in [-0.3, -0.25) is 4.79 Å². The average Bonchev–Trinajstić information content (AvgIpc) is 2.53. The molecule has 0 bridgehead atoms. The maximum absolute atomic E-state index is 11.5. The molecule has 0 spiro atoms. The first-order valence-electron chi connectivity index (χ1n) is 7.31. The molecule has 1 fully saturated rings. The fourth-order valence-electron chi connectivity index (χ4n) is 3.08. The van der Waals surface area contributed by atoms with Gasteiger partial charge >= 0.3 is 0 Å². The Hall–Kier alpha value is -1.26. The van der Waals surface area contributed by atoms with Crippen molar-refractivity contribution in [2.24, 2.45) is 5.73 Å². The normalized spacial score (nSPS) is 16.7. The molecule has 0 heterocycles. The zero-order valence-corrected chi connectivity index (χ0v) is 13.4. The summed E-state index contributed by atoms with van der Waals surface area (Å²) < 4.78 is 5.22. The Morgan fingerprint density at radius 1 is 1.24 bits per heavy atom. The first-order valence-corrected chi connectivity index (χ1v) is 7.31.